The van der Waals surface area contributed by atoms with Crippen molar-refractivity contribution in [2.75, 3.05) is 26.4 Å². The van der Waals surface area contributed by atoms with Gasteiger partial charge in [0.15, 0.2) is 18.9 Å². The Balaban J connectivity index is 1.45. The van der Waals surface area contributed by atoms with E-state index >= 15 is 0 Å². The van der Waals surface area contributed by atoms with Gasteiger partial charge >= 0.3 is 0 Å². The maximum absolute atomic E-state index is 13.4. The SMILES string of the molecule is CC/C=C\C/C=C\C/C=C\C/C=C\C/C=C\C/C=C\C/C=C\CCCC(=O)NC(COC1OC(CO)C(OC2OC(CO)C(OC3OC(CO)C(O)C(O)C3O)C(O)C2O)C(O)C1O)C(O)/C=C/CC/C=C/CC/C=C/CCCCCCCCCCCCCCCCCCCCC. The first-order valence-corrected chi connectivity index (χ1v) is 37.3. The van der Waals surface area contributed by atoms with Crippen LogP contribution in [0.4, 0.5) is 0 Å². The fraction of sp³-hybridized carbons (Fsp3) is 0.731. The second-order valence-electron chi connectivity index (χ2n) is 26.0. The maximum Gasteiger partial charge on any atom is 0.220 e. The molecule has 3 saturated heterocycles. The van der Waals surface area contributed by atoms with E-state index in [1.165, 1.54) is 122 Å². The number of carbonyl (C=O) groups is 1. The Kier molecular flexibility index (Phi) is 52.1. The predicted octanol–water partition coefficient (Wildman–Crippen LogP) is 11.2. The van der Waals surface area contributed by atoms with Crippen LogP contribution in [0.25, 0.3) is 0 Å². The number of hydrogen-bond donors (Lipinski definition) is 12. The lowest BCUT2D eigenvalue weighted by molar-refractivity contribution is -0.379. The van der Waals surface area contributed by atoms with Gasteiger partial charge in [0.25, 0.3) is 0 Å². The van der Waals surface area contributed by atoms with Crippen LogP contribution in [0.2, 0.25) is 0 Å². The van der Waals surface area contributed by atoms with E-state index in [-0.39, 0.29) is 12.3 Å². The van der Waals surface area contributed by atoms with Crippen molar-refractivity contribution in [3.8, 4) is 0 Å². The predicted molar refractivity (Wildman–Crippen MR) is 383 cm³/mol. The molecule has 17 atom stereocenters. The first-order chi connectivity index (χ1) is 47.3. The maximum atomic E-state index is 13.4. The van der Waals surface area contributed by atoms with Crippen LogP contribution >= 0.6 is 0 Å². The highest BCUT2D eigenvalue weighted by atomic mass is 16.8. The summed E-state index contributed by atoms with van der Waals surface area (Å²) < 4.78 is 34.3. The van der Waals surface area contributed by atoms with E-state index in [0.29, 0.717) is 19.3 Å². The molecule has 3 fully saturated rings. The molecule has 3 heterocycles. The summed E-state index contributed by atoms with van der Waals surface area (Å²) in [7, 11) is 0. The first kappa shape index (κ1) is 87.4. The Morgan fingerprint density at radius 2 is 0.722 bits per heavy atom. The second-order valence-corrected chi connectivity index (χ2v) is 26.0. The topological polar surface area (TPSA) is 307 Å². The Morgan fingerprint density at radius 1 is 0.381 bits per heavy atom. The molecule has 3 aliphatic rings. The molecule has 3 rings (SSSR count). The quantitative estimate of drug-likeness (QED) is 0.0199. The molecule has 0 aliphatic carbocycles. The summed E-state index contributed by atoms with van der Waals surface area (Å²) in [4.78, 5) is 13.4. The summed E-state index contributed by atoms with van der Waals surface area (Å²) in [5.41, 5.74) is 0. The summed E-state index contributed by atoms with van der Waals surface area (Å²) >= 11 is 0. The number of unbranched alkanes of at least 4 members (excludes halogenated alkanes) is 22. The Morgan fingerprint density at radius 3 is 1.15 bits per heavy atom. The second kappa shape index (κ2) is 57.8. The van der Waals surface area contributed by atoms with Gasteiger partial charge in [0.2, 0.25) is 5.91 Å². The number of carbonyl (C=O) groups excluding carboxylic acids is 1. The average molecular weight is 1370 g/mol. The molecule has 97 heavy (non-hydrogen) atoms. The molecule has 0 aromatic heterocycles. The van der Waals surface area contributed by atoms with Crippen LogP contribution in [-0.2, 0) is 33.2 Å². The molecule has 17 unspecified atom stereocenters. The first-order valence-electron chi connectivity index (χ1n) is 37.3. The van der Waals surface area contributed by atoms with E-state index in [2.05, 4.69) is 122 Å². The minimum Gasteiger partial charge on any atom is -0.394 e. The van der Waals surface area contributed by atoms with E-state index in [0.717, 1.165) is 70.6 Å². The minimum atomic E-state index is -2.00. The zero-order valence-corrected chi connectivity index (χ0v) is 59.0. The van der Waals surface area contributed by atoms with Crippen LogP contribution in [0.3, 0.4) is 0 Å². The van der Waals surface area contributed by atoms with Crippen molar-refractivity contribution in [3.05, 3.63) is 122 Å². The van der Waals surface area contributed by atoms with Gasteiger partial charge in [-0.05, 0) is 96.3 Å². The molecule has 19 heteroatoms. The van der Waals surface area contributed by atoms with Crippen molar-refractivity contribution in [3.63, 3.8) is 0 Å². The van der Waals surface area contributed by atoms with Gasteiger partial charge in [0, 0.05) is 6.42 Å². The fourth-order valence-electron chi connectivity index (χ4n) is 11.7. The monoisotopic (exact) mass is 1370 g/mol. The van der Waals surface area contributed by atoms with E-state index in [1.54, 1.807) is 6.08 Å². The van der Waals surface area contributed by atoms with Gasteiger partial charge in [0.05, 0.1) is 38.6 Å². The lowest BCUT2D eigenvalue weighted by Gasteiger charge is -2.48. The van der Waals surface area contributed by atoms with Gasteiger partial charge in [-0.1, -0.05) is 251 Å². The number of aliphatic hydroxyl groups excluding tert-OH is 11. The molecule has 19 nitrogen and oxygen atoms in total. The third-order valence-electron chi connectivity index (χ3n) is 17.7. The van der Waals surface area contributed by atoms with Crippen LogP contribution in [0.15, 0.2) is 122 Å². The third-order valence-corrected chi connectivity index (χ3v) is 17.7. The van der Waals surface area contributed by atoms with E-state index < -0.39 is 131 Å². The molecular weight excluding hydrogens is 1240 g/mol. The summed E-state index contributed by atoms with van der Waals surface area (Å²) in [6.45, 7) is 1.55. The zero-order valence-electron chi connectivity index (χ0n) is 59.0. The zero-order chi connectivity index (χ0) is 70.4. The van der Waals surface area contributed by atoms with Gasteiger partial charge in [-0.3, -0.25) is 4.79 Å². The molecule has 3 aliphatic heterocycles. The smallest absolute Gasteiger partial charge is 0.220 e. The number of rotatable bonds is 56. The molecule has 0 spiro atoms. The largest absolute Gasteiger partial charge is 0.394 e. The number of amides is 1. The molecule has 556 valence electrons. The minimum absolute atomic E-state index is 0.144. The lowest BCUT2D eigenvalue weighted by atomic mass is 9.96. The normalized spacial score (nSPS) is 27.6. The number of hydrogen-bond acceptors (Lipinski definition) is 18. The van der Waals surface area contributed by atoms with E-state index in [9.17, 15) is 61.0 Å². The summed E-state index contributed by atoms with van der Waals surface area (Å²) in [6, 6.07) is -1.04. The number of aliphatic hydroxyl groups is 11. The summed E-state index contributed by atoms with van der Waals surface area (Å²) in [5, 5.41) is 121. The summed E-state index contributed by atoms with van der Waals surface area (Å²) in [6.07, 6.45) is 53.3. The molecule has 0 bridgehead atoms. The van der Waals surface area contributed by atoms with E-state index in [1.807, 2.05) is 12.2 Å². The van der Waals surface area contributed by atoms with Crippen molar-refractivity contribution < 1.29 is 89.4 Å². The Bertz CT molecular complexity index is 2230. The molecule has 0 aromatic rings. The highest BCUT2D eigenvalue weighted by Crippen LogP contribution is 2.33. The van der Waals surface area contributed by atoms with Crippen LogP contribution in [-0.4, -0.2) is 193 Å². The molecule has 12 N–H and O–H groups in total. The molecule has 1 amide bonds. The van der Waals surface area contributed by atoms with Crippen molar-refractivity contribution in [1.82, 2.24) is 5.32 Å². The van der Waals surface area contributed by atoms with Crippen molar-refractivity contribution in [2.24, 2.45) is 0 Å². The average Bonchev–Trinajstić information content (AvgIpc) is 0.826. The van der Waals surface area contributed by atoms with Crippen molar-refractivity contribution in [2.45, 2.75) is 336 Å². The van der Waals surface area contributed by atoms with Crippen LogP contribution in [0.5, 0.6) is 0 Å². The Labute approximate surface area is 582 Å². The van der Waals surface area contributed by atoms with Crippen molar-refractivity contribution >= 4 is 5.91 Å². The summed E-state index contributed by atoms with van der Waals surface area (Å²) in [5.74, 6) is -0.351. The van der Waals surface area contributed by atoms with Gasteiger partial charge in [0.1, 0.15) is 73.2 Å². The third kappa shape index (κ3) is 38.7. The highest BCUT2D eigenvalue weighted by molar-refractivity contribution is 5.76. The van der Waals surface area contributed by atoms with Gasteiger partial charge in [-0.2, -0.15) is 0 Å². The number of nitrogens with one attached hydrogen (secondary N) is 1. The molecular formula is C78H131NO18. The van der Waals surface area contributed by atoms with Crippen molar-refractivity contribution in [1.29, 1.82) is 0 Å². The van der Waals surface area contributed by atoms with Crippen LogP contribution in [0.1, 0.15) is 232 Å². The molecule has 0 saturated carbocycles. The molecule has 0 aromatic carbocycles. The standard InChI is InChI=1S/C78H131NO18/c1-3-5-7-9-11-13-15-17-19-21-23-25-27-28-29-30-31-32-34-35-37-39-41-43-45-47-49-51-53-55-62(83)61(79-66(84)56-54-52-50-48-46-44-42-40-38-36-33-26-24-22-20-18-16-14-12-10-8-6-4-2)60-92-76-72(90)69(87)74(64(58-81)94-76)97-78-73(91)70(88)75(65(59-82)95-78)96-77-71(89)68(86)67(85)63(57-80)93-77/h6,8,12,14,18,20,24,26,36-39,42,44-45,47-48,50,53,55,61-65,67-78,80-83,85-91H,3-5,7,9-11,13,15-17,19,21-23,25,27-35,40-41,43,46,49,51-52,54,56-60H2,1-2H3,(H,79,84)/b8-6-,14-12-,20-18-,26-24-,38-36-,39-37+,44-42-,47-45+,50-48-,55-53+. The molecule has 0 radical (unpaired) electrons. The Hall–Kier alpha value is -3.81. The van der Waals surface area contributed by atoms with Crippen LogP contribution in [0, 0.1) is 0 Å². The van der Waals surface area contributed by atoms with Gasteiger partial charge < -0.3 is 89.9 Å². The van der Waals surface area contributed by atoms with Gasteiger partial charge in [-0.25, -0.2) is 0 Å². The number of ether oxygens (including phenoxy) is 6. The highest BCUT2D eigenvalue weighted by Gasteiger charge is 2.53. The fourth-order valence-corrected chi connectivity index (χ4v) is 11.7. The van der Waals surface area contributed by atoms with E-state index in [4.69, 9.17) is 28.4 Å². The van der Waals surface area contributed by atoms with Gasteiger partial charge in [-0.15, -0.1) is 0 Å². The number of allylic oxidation sites excluding steroid dienone is 19. The lowest BCUT2D eigenvalue weighted by Crippen LogP contribution is -2.66. The van der Waals surface area contributed by atoms with Crippen LogP contribution < -0.4 is 5.32 Å².